The maximum Gasteiger partial charge on any atom is 0.319 e. The van der Waals surface area contributed by atoms with E-state index in [9.17, 15) is 14.4 Å². The van der Waals surface area contributed by atoms with E-state index < -0.39 is 23.7 Å². The minimum Gasteiger partial charge on any atom is -0.468 e. The summed E-state index contributed by atoms with van der Waals surface area (Å²) in [5.41, 5.74) is 8.39. The minimum atomic E-state index is -1.11. The maximum absolute atomic E-state index is 13.1. The Morgan fingerprint density at radius 1 is 1.10 bits per heavy atom. The molecule has 1 aliphatic rings. The molecule has 2 atom stereocenters. The normalized spacial score (nSPS) is 17.7. The van der Waals surface area contributed by atoms with E-state index in [1.54, 1.807) is 24.3 Å². The molecule has 0 radical (unpaired) electrons. The van der Waals surface area contributed by atoms with E-state index in [1.807, 2.05) is 30.3 Å². The second-order valence-corrected chi connectivity index (χ2v) is 8.26. The Labute approximate surface area is 181 Å². The SMILES string of the molecule is COC(=O)[C@@H]1C(=O)Nc2sc(C(=O)c3ccc(Cl)cc3)c(N)c2[C@H]1c1ccccc1. The van der Waals surface area contributed by atoms with Crippen molar-refractivity contribution < 1.29 is 19.1 Å². The number of esters is 1. The summed E-state index contributed by atoms with van der Waals surface area (Å²) in [5, 5.41) is 3.70. The number of ketones is 1. The van der Waals surface area contributed by atoms with E-state index >= 15 is 0 Å². The van der Waals surface area contributed by atoms with E-state index in [1.165, 1.54) is 7.11 Å². The second-order valence-electron chi connectivity index (χ2n) is 6.80. The summed E-state index contributed by atoms with van der Waals surface area (Å²) in [6, 6.07) is 15.6. The first-order chi connectivity index (χ1) is 14.4. The number of anilines is 2. The molecule has 0 unspecified atom stereocenters. The highest BCUT2D eigenvalue weighted by Crippen LogP contribution is 2.49. The van der Waals surface area contributed by atoms with Gasteiger partial charge in [-0.15, -0.1) is 11.3 Å². The van der Waals surface area contributed by atoms with Crippen LogP contribution in [0.5, 0.6) is 0 Å². The number of carbonyl (C=O) groups is 3. The molecule has 1 amide bonds. The van der Waals surface area contributed by atoms with E-state index in [4.69, 9.17) is 22.1 Å². The monoisotopic (exact) mass is 440 g/mol. The predicted octanol–water partition coefficient (Wildman–Crippen LogP) is 4.09. The summed E-state index contributed by atoms with van der Waals surface area (Å²) in [6.07, 6.45) is 0. The highest BCUT2D eigenvalue weighted by molar-refractivity contribution is 7.19. The molecule has 6 nitrogen and oxygen atoms in total. The van der Waals surface area contributed by atoms with Crippen molar-refractivity contribution >= 4 is 51.3 Å². The molecule has 8 heteroatoms. The lowest BCUT2D eigenvalue weighted by Crippen LogP contribution is -2.39. The van der Waals surface area contributed by atoms with Crippen molar-refractivity contribution in [3.63, 3.8) is 0 Å². The van der Waals surface area contributed by atoms with Crippen LogP contribution in [-0.4, -0.2) is 24.8 Å². The van der Waals surface area contributed by atoms with Gasteiger partial charge in [0, 0.05) is 22.1 Å². The van der Waals surface area contributed by atoms with E-state index in [0.29, 0.717) is 26.0 Å². The molecule has 0 spiro atoms. The van der Waals surface area contributed by atoms with Gasteiger partial charge < -0.3 is 15.8 Å². The Balaban J connectivity index is 1.87. The van der Waals surface area contributed by atoms with E-state index in [2.05, 4.69) is 5.32 Å². The zero-order chi connectivity index (χ0) is 21.4. The summed E-state index contributed by atoms with van der Waals surface area (Å²) in [7, 11) is 1.24. The van der Waals surface area contributed by atoms with Gasteiger partial charge in [0.15, 0.2) is 0 Å². The fraction of sp³-hybridized carbons (Fsp3) is 0.136. The number of carbonyl (C=O) groups excluding carboxylic acids is 3. The molecule has 0 fully saturated rings. The number of fused-ring (bicyclic) bond motifs is 1. The molecule has 1 aromatic heterocycles. The maximum atomic E-state index is 13.1. The number of ether oxygens (including phenoxy) is 1. The number of nitrogen functional groups attached to an aromatic ring is 1. The molecule has 0 saturated carbocycles. The Kier molecular flexibility index (Phi) is 5.32. The van der Waals surface area contributed by atoms with Crippen molar-refractivity contribution in [2.45, 2.75) is 5.92 Å². The van der Waals surface area contributed by atoms with Gasteiger partial charge in [-0.2, -0.15) is 0 Å². The van der Waals surface area contributed by atoms with Gasteiger partial charge in [-0.3, -0.25) is 14.4 Å². The van der Waals surface area contributed by atoms with Crippen molar-refractivity contribution in [2.75, 3.05) is 18.2 Å². The highest BCUT2D eigenvalue weighted by Gasteiger charge is 2.45. The van der Waals surface area contributed by atoms with Gasteiger partial charge in [0.2, 0.25) is 11.7 Å². The van der Waals surface area contributed by atoms with Gasteiger partial charge in [-0.05, 0) is 29.8 Å². The lowest BCUT2D eigenvalue weighted by molar-refractivity contribution is -0.149. The molecule has 0 aliphatic carbocycles. The molecule has 4 rings (SSSR count). The molecule has 0 bridgehead atoms. The smallest absolute Gasteiger partial charge is 0.319 e. The first-order valence-corrected chi connectivity index (χ1v) is 10.3. The molecule has 30 heavy (non-hydrogen) atoms. The topological polar surface area (TPSA) is 98.5 Å². The van der Waals surface area contributed by atoms with Crippen molar-refractivity contribution in [3.05, 3.63) is 81.2 Å². The summed E-state index contributed by atoms with van der Waals surface area (Å²) in [6.45, 7) is 0. The van der Waals surface area contributed by atoms with Gasteiger partial charge in [-0.1, -0.05) is 41.9 Å². The quantitative estimate of drug-likeness (QED) is 0.361. The number of benzene rings is 2. The third-order valence-corrected chi connectivity index (χ3v) is 6.46. The van der Waals surface area contributed by atoms with Gasteiger partial charge in [-0.25, -0.2) is 0 Å². The molecule has 1 aliphatic heterocycles. The van der Waals surface area contributed by atoms with Crippen LogP contribution in [0.1, 0.15) is 32.3 Å². The molecule has 3 N–H and O–H groups in total. The number of hydrogen-bond donors (Lipinski definition) is 2. The van der Waals surface area contributed by atoms with Crippen LogP contribution in [0.4, 0.5) is 10.7 Å². The average molecular weight is 441 g/mol. The van der Waals surface area contributed by atoms with Gasteiger partial charge in [0.1, 0.15) is 15.8 Å². The van der Waals surface area contributed by atoms with Crippen LogP contribution in [-0.2, 0) is 14.3 Å². The van der Waals surface area contributed by atoms with E-state index in [0.717, 1.165) is 16.9 Å². The predicted molar refractivity (Wildman–Crippen MR) is 116 cm³/mol. The first-order valence-electron chi connectivity index (χ1n) is 9.08. The lowest BCUT2D eigenvalue weighted by atomic mass is 9.78. The molecule has 152 valence electrons. The van der Waals surface area contributed by atoms with Crippen LogP contribution in [0.3, 0.4) is 0 Å². The molecule has 2 heterocycles. The Bertz CT molecular complexity index is 1140. The first kappa shape index (κ1) is 20.1. The highest BCUT2D eigenvalue weighted by atomic mass is 35.5. The molecule has 3 aromatic rings. The van der Waals surface area contributed by atoms with Crippen molar-refractivity contribution in [3.8, 4) is 0 Å². The number of nitrogens with one attached hydrogen (secondary N) is 1. The number of nitrogens with two attached hydrogens (primary N) is 1. The van der Waals surface area contributed by atoms with Crippen LogP contribution in [0.2, 0.25) is 5.02 Å². The molecule has 0 saturated heterocycles. The zero-order valence-electron chi connectivity index (χ0n) is 15.8. The van der Waals surface area contributed by atoms with Gasteiger partial charge in [0.25, 0.3) is 0 Å². The fourth-order valence-corrected chi connectivity index (χ4v) is 4.92. The Morgan fingerprint density at radius 3 is 2.40 bits per heavy atom. The standard InChI is InChI=1S/C22H17ClN2O4S/c1-29-22(28)16-14(11-5-3-2-4-6-11)15-17(24)19(30-21(15)25-20(16)27)18(26)12-7-9-13(23)10-8-12/h2-10,14,16H,24H2,1H3,(H,25,27)/t14-,16+/m1/s1. The molecular formula is C22H17ClN2O4S. The number of thiophene rings is 1. The van der Waals surface area contributed by atoms with Gasteiger partial charge >= 0.3 is 5.97 Å². The number of hydrogen-bond acceptors (Lipinski definition) is 6. The van der Waals surface area contributed by atoms with Crippen molar-refractivity contribution in [2.24, 2.45) is 5.92 Å². The third-order valence-electron chi connectivity index (χ3n) is 5.07. The summed E-state index contributed by atoms with van der Waals surface area (Å²) in [4.78, 5) is 38.6. The van der Waals surface area contributed by atoms with Crippen molar-refractivity contribution in [1.29, 1.82) is 0 Å². The number of methoxy groups -OCH3 is 1. The van der Waals surface area contributed by atoms with Crippen LogP contribution in [0.15, 0.2) is 54.6 Å². The largest absolute Gasteiger partial charge is 0.468 e. The van der Waals surface area contributed by atoms with Crippen LogP contribution in [0, 0.1) is 5.92 Å². The zero-order valence-corrected chi connectivity index (χ0v) is 17.4. The third kappa shape index (κ3) is 3.36. The molecular weight excluding hydrogens is 424 g/mol. The Morgan fingerprint density at radius 2 is 1.77 bits per heavy atom. The fourth-order valence-electron chi connectivity index (χ4n) is 3.66. The number of halogens is 1. The lowest BCUT2D eigenvalue weighted by Gasteiger charge is -2.30. The summed E-state index contributed by atoms with van der Waals surface area (Å²) in [5.74, 6) is -3.21. The van der Waals surface area contributed by atoms with Crippen LogP contribution < -0.4 is 11.1 Å². The molecule has 2 aromatic carbocycles. The van der Waals surface area contributed by atoms with Gasteiger partial charge in [0.05, 0.1) is 12.8 Å². The Hall–Kier alpha value is -3.16. The van der Waals surface area contributed by atoms with Crippen LogP contribution >= 0.6 is 22.9 Å². The second kappa shape index (κ2) is 7.93. The summed E-state index contributed by atoms with van der Waals surface area (Å²) >= 11 is 7.01. The number of rotatable bonds is 4. The number of amides is 1. The van der Waals surface area contributed by atoms with Crippen LogP contribution in [0.25, 0.3) is 0 Å². The van der Waals surface area contributed by atoms with E-state index in [-0.39, 0.29) is 11.5 Å². The minimum absolute atomic E-state index is 0.248. The average Bonchev–Trinajstić information content (AvgIpc) is 3.08. The van der Waals surface area contributed by atoms with Crippen molar-refractivity contribution in [1.82, 2.24) is 0 Å². The summed E-state index contributed by atoms with van der Waals surface area (Å²) < 4.78 is 4.88.